The number of carbonyl (C=O) groups is 2. The van der Waals surface area contributed by atoms with E-state index in [2.05, 4.69) is 13.8 Å². The minimum atomic E-state index is -0.130. The van der Waals surface area contributed by atoms with Crippen LogP contribution in [-0.4, -0.2) is 11.6 Å². The van der Waals surface area contributed by atoms with Crippen molar-refractivity contribution in [3.8, 4) is 0 Å². The summed E-state index contributed by atoms with van der Waals surface area (Å²) in [6.07, 6.45) is 9.84. The molecule has 0 heterocycles. The Bertz CT molecular complexity index is 233. The normalized spacial score (nSPS) is 12.4. The van der Waals surface area contributed by atoms with Gasteiger partial charge in [0.2, 0.25) is 5.78 Å². The highest BCUT2D eigenvalue weighted by Gasteiger charge is 2.22. The van der Waals surface area contributed by atoms with Crippen LogP contribution in [0.1, 0.15) is 85.0 Å². The number of unbranched alkanes of at least 4 members (excludes halogenated alkanes) is 5. The van der Waals surface area contributed by atoms with Gasteiger partial charge in [0.25, 0.3) is 0 Å². The summed E-state index contributed by atoms with van der Waals surface area (Å²) in [6.45, 7) is 6.31. The van der Waals surface area contributed by atoms with Crippen molar-refractivity contribution in [2.45, 2.75) is 85.0 Å². The molecule has 0 aliphatic rings. The Morgan fingerprint density at radius 2 is 1.44 bits per heavy atom. The summed E-state index contributed by atoms with van der Waals surface area (Å²) in [5.41, 5.74) is 0. The van der Waals surface area contributed by atoms with Gasteiger partial charge in [-0.2, -0.15) is 0 Å². The first kappa shape index (κ1) is 17.3. The number of hydrogen-bond acceptors (Lipinski definition) is 2. The summed E-state index contributed by atoms with van der Waals surface area (Å²) in [4.78, 5) is 23.8. The van der Waals surface area contributed by atoms with Gasteiger partial charge in [-0.15, -0.1) is 0 Å². The number of rotatable bonds is 12. The molecule has 0 saturated heterocycles. The fourth-order valence-corrected chi connectivity index (χ4v) is 2.22. The maximum atomic E-state index is 12.0. The topological polar surface area (TPSA) is 34.1 Å². The highest BCUT2D eigenvalue weighted by Crippen LogP contribution is 2.16. The van der Waals surface area contributed by atoms with E-state index in [1.807, 2.05) is 6.92 Å². The number of carbonyl (C=O) groups excluding carboxylic acids is 2. The molecule has 18 heavy (non-hydrogen) atoms. The average molecular weight is 254 g/mol. The first-order chi connectivity index (χ1) is 8.67. The fraction of sp³-hybridized carbons (Fsp3) is 0.875. The second-order valence-corrected chi connectivity index (χ2v) is 5.20. The zero-order chi connectivity index (χ0) is 13.8. The number of Topliss-reactive ketones (excluding diaryl/α,β-unsaturated/α-hetero) is 2. The molecule has 1 unspecified atom stereocenters. The Labute approximate surface area is 113 Å². The second kappa shape index (κ2) is 11.4. The summed E-state index contributed by atoms with van der Waals surface area (Å²) >= 11 is 0. The molecule has 0 fully saturated rings. The minimum Gasteiger partial charge on any atom is -0.291 e. The Balaban J connectivity index is 3.95. The highest BCUT2D eigenvalue weighted by molar-refractivity contribution is 6.37. The second-order valence-electron chi connectivity index (χ2n) is 5.20. The van der Waals surface area contributed by atoms with Gasteiger partial charge >= 0.3 is 0 Å². The van der Waals surface area contributed by atoms with Crippen molar-refractivity contribution in [2.75, 3.05) is 0 Å². The lowest BCUT2D eigenvalue weighted by Gasteiger charge is -2.12. The van der Waals surface area contributed by atoms with Crippen molar-refractivity contribution in [3.63, 3.8) is 0 Å². The smallest absolute Gasteiger partial charge is 0.201 e. The third kappa shape index (κ3) is 7.62. The largest absolute Gasteiger partial charge is 0.291 e. The van der Waals surface area contributed by atoms with Gasteiger partial charge in [0.15, 0.2) is 5.78 Å². The van der Waals surface area contributed by atoms with E-state index >= 15 is 0 Å². The van der Waals surface area contributed by atoms with Crippen LogP contribution < -0.4 is 0 Å². The van der Waals surface area contributed by atoms with Crippen LogP contribution in [0.3, 0.4) is 0 Å². The van der Waals surface area contributed by atoms with Crippen LogP contribution in [0.2, 0.25) is 0 Å². The zero-order valence-corrected chi connectivity index (χ0v) is 12.5. The van der Waals surface area contributed by atoms with E-state index in [4.69, 9.17) is 0 Å². The molecule has 0 bridgehead atoms. The first-order valence-electron chi connectivity index (χ1n) is 7.74. The molecule has 0 radical (unpaired) electrons. The van der Waals surface area contributed by atoms with E-state index in [0.29, 0.717) is 6.42 Å². The number of hydrogen-bond donors (Lipinski definition) is 0. The van der Waals surface area contributed by atoms with Crippen molar-refractivity contribution in [2.24, 2.45) is 5.92 Å². The Hall–Kier alpha value is -0.660. The van der Waals surface area contributed by atoms with Gasteiger partial charge in [0.05, 0.1) is 0 Å². The molecule has 0 aromatic rings. The molecule has 2 nitrogen and oxygen atoms in total. The average Bonchev–Trinajstić information content (AvgIpc) is 2.39. The quantitative estimate of drug-likeness (QED) is 0.373. The van der Waals surface area contributed by atoms with Gasteiger partial charge in [-0.05, 0) is 19.3 Å². The van der Waals surface area contributed by atoms with Crippen molar-refractivity contribution < 1.29 is 9.59 Å². The summed E-state index contributed by atoms with van der Waals surface area (Å²) in [7, 11) is 0. The standard InChI is InChI=1S/C16H30O2/c1-4-7-9-11-13-15(17)16(18)14(6-3)12-10-8-5-2/h14H,4-13H2,1-3H3. The zero-order valence-electron chi connectivity index (χ0n) is 12.5. The molecule has 0 aromatic heterocycles. The molecule has 0 aromatic carbocycles. The molecule has 0 rings (SSSR count). The molecular weight excluding hydrogens is 224 g/mol. The van der Waals surface area contributed by atoms with Crippen LogP contribution >= 0.6 is 0 Å². The van der Waals surface area contributed by atoms with E-state index in [1.54, 1.807) is 0 Å². The van der Waals surface area contributed by atoms with E-state index < -0.39 is 0 Å². The van der Waals surface area contributed by atoms with Crippen LogP contribution in [-0.2, 0) is 9.59 Å². The van der Waals surface area contributed by atoms with Gasteiger partial charge in [-0.1, -0.05) is 59.3 Å². The molecule has 0 amide bonds. The van der Waals surface area contributed by atoms with Crippen LogP contribution in [0.4, 0.5) is 0 Å². The molecule has 0 aliphatic carbocycles. The highest BCUT2D eigenvalue weighted by atomic mass is 16.2. The van der Waals surface area contributed by atoms with Gasteiger partial charge < -0.3 is 0 Å². The van der Waals surface area contributed by atoms with E-state index in [-0.39, 0.29) is 17.5 Å². The van der Waals surface area contributed by atoms with Crippen molar-refractivity contribution in [3.05, 3.63) is 0 Å². The monoisotopic (exact) mass is 254 g/mol. The Kier molecular flexibility index (Phi) is 11.0. The molecule has 2 heteroatoms. The summed E-state index contributed by atoms with van der Waals surface area (Å²) in [6, 6.07) is 0. The maximum absolute atomic E-state index is 12.0. The third-order valence-corrected chi connectivity index (χ3v) is 3.55. The molecule has 0 spiro atoms. The predicted octanol–water partition coefficient (Wildman–Crippen LogP) is 4.70. The fourth-order valence-electron chi connectivity index (χ4n) is 2.22. The summed E-state index contributed by atoms with van der Waals surface area (Å²) < 4.78 is 0. The van der Waals surface area contributed by atoms with Gasteiger partial charge in [0, 0.05) is 12.3 Å². The maximum Gasteiger partial charge on any atom is 0.201 e. The lowest BCUT2D eigenvalue weighted by molar-refractivity contribution is -0.139. The predicted molar refractivity (Wildman–Crippen MR) is 76.7 cm³/mol. The van der Waals surface area contributed by atoms with Crippen LogP contribution in [0.15, 0.2) is 0 Å². The SMILES string of the molecule is CCCCCCC(=O)C(=O)C(CC)CCCCC. The molecule has 106 valence electrons. The van der Waals surface area contributed by atoms with Crippen molar-refractivity contribution in [1.82, 2.24) is 0 Å². The van der Waals surface area contributed by atoms with Crippen LogP contribution in [0.25, 0.3) is 0 Å². The molecule has 0 saturated carbocycles. The van der Waals surface area contributed by atoms with E-state index in [1.165, 1.54) is 0 Å². The van der Waals surface area contributed by atoms with E-state index in [9.17, 15) is 9.59 Å². The Morgan fingerprint density at radius 3 is 2.00 bits per heavy atom. The van der Waals surface area contributed by atoms with E-state index in [0.717, 1.165) is 57.8 Å². The Morgan fingerprint density at radius 1 is 0.833 bits per heavy atom. The van der Waals surface area contributed by atoms with Crippen LogP contribution in [0.5, 0.6) is 0 Å². The molecular formula is C16H30O2. The van der Waals surface area contributed by atoms with Crippen LogP contribution in [0, 0.1) is 5.92 Å². The molecule has 1 atom stereocenters. The van der Waals surface area contributed by atoms with Gasteiger partial charge in [-0.25, -0.2) is 0 Å². The summed E-state index contributed by atoms with van der Waals surface area (Å²) in [5.74, 6) is -0.255. The molecule has 0 aliphatic heterocycles. The number of ketones is 2. The summed E-state index contributed by atoms with van der Waals surface area (Å²) in [5, 5.41) is 0. The molecule has 0 N–H and O–H groups in total. The van der Waals surface area contributed by atoms with Crippen molar-refractivity contribution >= 4 is 11.6 Å². The lowest BCUT2D eigenvalue weighted by Crippen LogP contribution is -2.23. The first-order valence-corrected chi connectivity index (χ1v) is 7.74. The third-order valence-electron chi connectivity index (χ3n) is 3.55. The van der Waals surface area contributed by atoms with Gasteiger partial charge in [-0.3, -0.25) is 9.59 Å². The minimum absolute atomic E-state index is 0.0183. The van der Waals surface area contributed by atoms with Gasteiger partial charge in [0.1, 0.15) is 0 Å². The van der Waals surface area contributed by atoms with Crippen molar-refractivity contribution in [1.29, 1.82) is 0 Å². The lowest BCUT2D eigenvalue weighted by atomic mass is 9.90.